The van der Waals surface area contributed by atoms with Crippen LogP contribution in [0.2, 0.25) is 0 Å². The second kappa shape index (κ2) is 3.43. The van der Waals surface area contributed by atoms with E-state index in [9.17, 15) is 0 Å². The molecular formula is C21H22. The molecule has 3 saturated carbocycles. The Labute approximate surface area is 127 Å². The molecule has 21 heavy (non-hydrogen) atoms. The monoisotopic (exact) mass is 274 g/mol. The van der Waals surface area contributed by atoms with Gasteiger partial charge in [-0.3, -0.25) is 0 Å². The van der Waals surface area contributed by atoms with Crippen LogP contribution in [-0.4, -0.2) is 0 Å². The molecule has 3 aliphatic carbocycles. The van der Waals surface area contributed by atoms with Crippen LogP contribution < -0.4 is 0 Å². The maximum Gasteiger partial charge on any atom is 0.0149 e. The van der Waals surface area contributed by atoms with Gasteiger partial charge in [-0.25, -0.2) is 0 Å². The van der Waals surface area contributed by atoms with Crippen molar-refractivity contribution in [3.8, 4) is 0 Å². The lowest BCUT2D eigenvalue weighted by atomic mass is 9.44. The molecule has 3 aliphatic rings. The van der Waals surface area contributed by atoms with E-state index in [2.05, 4.69) is 74.5 Å². The number of benzene rings is 2. The first-order chi connectivity index (χ1) is 10.2. The molecule has 106 valence electrons. The molecule has 0 unspecified atom stereocenters. The maximum absolute atomic E-state index is 2.52. The highest BCUT2D eigenvalue weighted by molar-refractivity contribution is 5.65. The zero-order valence-electron chi connectivity index (χ0n) is 12.8. The highest BCUT2D eigenvalue weighted by Crippen LogP contribution is 2.96. The van der Waals surface area contributed by atoms with Gasteiger partial charge in [0.15, 0.2) is 0 Å². The lowest BCUT2D eigenvalue weighted by Crippen LogP contribution is -2.57. The van der Waals surface area contributed by atoms with Gasteiger partial charge >= 0.3 is 0 Å². The van der Waals surface area contributed by atoms with E-state index in [-0.39, 0.29) is 0 Å². The van der Waals surface area contributed by atoms with Crippen LogP contribution in [-0.2, 0) is 10.8 Å². The minimum absolute atomic E-state index is 0.383. The van der Waals surface area contributed by atoms with Crippen molar-refractivity contribution >= 4 is 0 Å². The zero-order chi connectivity index (χ0) is 14.3. The minimum Gasteiger partial charge on any atom is -0.0622 e. The van der Waals surface area contributed by atoms with E-state index in [1.807, 2.05) is 0 Å². The zero-order valence-corrected chi connectivity index (χ0v) is 12.8. The van der Waals surface area contributed by atoms with Crippen LogP contribution in [0.5, 0.6) is 0 Å². The van der Waals surface area contributed by atoms with Gasteiger partial charge < -0.3 is 0 Å². The fourth-order valence-electron chi connectivity index (χ4n) is 6.90. The van der Waals surface area contributed by atoms with Gasteiger partial charge in [-0.1, -0.05) is 74.5 Å². The van der Waals surface area contributed by atoms with Gasteiger partial charge in [-0.05, 0) is 41.2 Å². The van der Waals surface area contributed by atoms with Crippen LogP contribution in [0.1, 0.15) is 37.8 Å². The Hall–Kier alpha value is -1.56. The molecule has 0 amide bonds. The lowest BCUT2D eigenvalue weighted by molar-refractivity contribution is -0.0131. The smallest absolute Gasteiger partial charge is 0.0149 e. The van der Waals surface area contributed by atoms with Crippen molar-refractivity contribution in [1.29, 1.82) is 0 Å². The summed E-state index contributed by atoms with van der Waals surface area (Å²) in [4.78, 5) is 0. The Morgan fingerprint density at radius 2 is 1.05 bits per heavy atom. The first kappa shape index (κ1) is 12.0. The molecule has 2 aromatic rings. The second-order valence-corrected chi connectivity index (χ2v) is 7.76. The van der Waals surface area contributed by atoms with E-state index in [0.29, 0.717) is 16.2 Å². The Bertz CT molecular complexity index is 638. The third-order valence-corrected chi connectivity index (χ3v) is 7.38. The van der Waals surface area contributed by atoms with Crippen LogP contribution in [0, 0.1) is 17.3 Å². The molecule has 0 aliphatic heterocycles. The highest BCUT2D eigenvalue weighted by atomic mass is 15.0. The lowest BCUT2D eigenvalue weighted by Gasteiger charge is -2.59. The second-order valence-electron chi connectivity index (χ2n) is 7.76. The topological polar surface area (TPSA) is 0 Å². The summed E-state index contributed by atoms with van der Waals surface area (Å²) in [6.45, 7) is 5.04. The standard InChI is InChI=1S/C21H22/c1-19(2)20(15-9-5-3-6-10-15)17-13-14-18(17)21(19,20)16-11-7-4-8-12-16/h3-12,17-18H,13-14H2,1-2H3/t17-,18-,20-,21+/m1/s1. The average molecular weight is 274 g/mol. The van der Waals surface area contributed by atoms with Crippen molar-refractivity contribution in [1.82, 2.24) is 0 Å². The van der Waals surface area contributed by atoms with Gasteiger partial charge in [0.2, 0.25) is 0 Å². The average Bonchev–Trinajstić information content (AvgIpc) is 2.88. The van der Waals surface area contributed by atoms with E-state index in [4.69, 9.17) is 0 Å². The molecule has 0 nitrogen and oxygen atoms in total. The van der Waals surface area contributed by atoms with Crippen LogP contribution in [0.25, 0.3) is 0 Å². The predicted octanol–water partition coefficient (Wildman–Crippen LogP) is 4.94. The number of rotatable bonds is 2. The SMILES string of the molecule is CC1(C)[C@]2(c3ccccc3)[C@@H]3CC[C@H]3[C@]12c1ccccc1. The first-order valence-electron chi connectivity index (χ1n) is 8.30. The Morgan fingerprint density at radius 1 is 0.667 bits per heavy atom. The van der Waals surface area contributed by atoms with Gasteiger partial charge in [-0.2, -0.15) is 0 Å². The van der Waals surface area contributed by atoms with Crippen molar-refractivity contribution in [2.45, 2.75) is 37.5 Å². The Morgan fingerprint density at radius 3 is 1.38 bits per heavy atom. The highest BCUT2D eigenvalue weighted by Gasteiger charge is 2.96. The summed E-state index contributed by atoms with van der Waals surface area (Å²) in [7, 11) is 0. The van der Waals surface area contributed by atoms with Gasteiger partial charge in [0, 0.05) is 10.8 Å². The summed E-state index contributed by atoms with van der Waals surface area (Å²) in [6.07, 6.45) is 2.86. The van der Waals surface area contributed by atoms with E-state index in [1.165, 1.54) is 12.8 Å². The molecule has 0 radical (unpaired) electrons. The molecule has 2 aromatic carbocycles. The van der Waals surface area contributed by atoms with E-state index in [1.54, 1.807) is 11.1 Å². The first-order valence-corrected chi connectivity index (χ1v) is 8.30. The van der Waals surface area contributed by atoms with Gasteiger partial charge in [-0.15, -0.1) is 0 Å². The van der Waals surface area contributed by atoms with Crippen molar-refractivity contribution in [2.75, 3.05) is 0 Å². The molecule has 4 atom stereocenters. The number of fused-ring (bicyclic) bond motifs is 4. The molecule has 0 aromatic heterocycles. The maximum atomic E-state index is 2.52. The molecule has 0 heteroatoms. The molecule has 0 heterocycles. The van der Waals surface area contributed by atoms with Crippen LogP contribution in [0.4, 0.5) is 0 Å². The third kappa shape index (κ3) is 0.950. The molecule has 0 bridgehead atoms. The largest absolute Gasteiger partial charge is 0.0622 e. The summed E-state index contributed by atoms with van der Waals surface area (Å²) < 4.78 is 0. The minimum atomic E-state index is 0.383. The van der Waals surface area contributed by atoms with Crippen LogP contribution >= 0.6 is 0 Å². The summed E-state index contributed by atoms with van der Waals surface area (Å²) >= 11 is 0. The quantitative estimate of drug-likeness (QED) is 0.727. The molecule has 0 spiro atoms. The fraction of sp³-hybridized carbons (Fsp3) is 0.429. The van der Waals surface area contributed by atoms with E-state index < -0.39 is 0 Å². The normalized spacial score (nSPS) is 41.2. The molecule has 5 rings (SSSR count). The van der Waals surface area contributed by atoms with Gasteiger partial charge in [0.05, 0.1) is 0 Å². The van der Waals surface area contributed by atoms with E-state index in [0.717, 1.165) is 11.8 Å². The Kier molecular flexibility index (Phi) is 1.96. The van der Waals surface area contributed by atoms with Crippen molar-refractivity contribution in [3.05, 3.63) is 71.8 Å². The molecule has 0 saturated heterocycles. The summed E-state index contributed by atoms with van der Waals surface area (Å²) in [5.74, 6) is 1.82. The number of hydrogen-bond acceptors (Lipinski definition) is 0. The van der Waals surface area contributed by atoms with Gasteiger partial charge in [0.1, 0.15) is 0 Å². The summed E-state index contributed by atoms with van der Waals surface area (Å²) in [5, 5.41) is 0. The van der Waals surface area contributed by atoms with Gasteiger partial charge in [0.25, 0.3) is 0 Å². The Balaban J connectivity index is 1.76. The molecule has 0 N–H and O–H groups in total. The summed E-state index contributed by atoms with van der Waals surface area (Å²) in [6, 6.07) is 22.7. The van der Waals surface area contributed by atoms with Crippen molar-refractivity contribution in [2.24, 2.45) is 17.3 Å². The summed E-state index contributed by atoms with van der Waals surface area (Å²) in [5.41, 5.74) is 4.34. The van der Waals surface area contributed by atoms with Crippen LogP contribution in [0.3, 0.4) is 0 Å². The van der Waals surface area contributed by atoms with E-state index >= 15 is 0 Å². The fourth-order valence-corrected chi connectivity index (χ4v) is 6.90. The molecular weight excluding hydrogens is 252 g/mol. The number of hydrogen-bond donors (Lipinski definition) is 0. The van der Waals surface area contributed by atoms with Crippen molar-refractivity contribution < 1.29 is 0 Å². The predicted molar refractivity (Wildman–Crippen MR) is 86.2 cm³/mol. The third-order valence-electron chi connectivity index (χ3n) is 7.38. The van der Waals surface area contributed by atoms with Crippen molar-refractivity contribution in [3.63, 3.8) is 0 Å². The molecule has 3 fully saturated rings. The van der Waals surface area contributed by atoms with Crippen LogP contribution in [0.15, 0.2) is 60.7 Å².